The van der Waals surface area contributed by atoms with Crippen LogP contribution in [0.4, 0.5) is 15.8 Å². The Hall–Kier alpha value is -2.78. The van der Waals surface area contributed by atoms with Crippen molar-refractivity contribution in [1.82, 2.24) is 10.9 Å². The largest absolute Gasteiger partial charge is 0.331 e. The van der Waals surface area contributed by atoms with Gasteiger partial charge in [0.05, 0.1) is 15.5 Å². The van der Waals surface area contributed by atoms with E-state index in [-0.39, 0.29) is 21.4 Å². The predicted octanol–water partition coefficient (Wildman–Crippen LogP) is 3.02. The van der Waals surface area contributed by atoms with E-state index in [1.807, 2.05) is 0 Å². The molecule has 3 N–H and O–H groups in total. The van der Waals surface area contributed by atoms with Crippen LogP contribution in [0.2, 0.25) is 5.02 Å². The van der Waals surface area contributed by atoms with Gasteiger partial charge in [0, 0.05) is 17.8 Å². The fraction of sp³-hybridized carbons (Fsp3) is 0. The fourth-order valence-corrected chi connectivity index (χ4v) is 2.05. The quantitative estimate of drug-likeness (QED) is 0.438. The second kappa shape index (κ2) is 7.66. The fourth-order valence-electron chi connectivity index (χ4n) is 1.68. The molecule has 1 amide bonds. The summed E-state index contributed by atoms with van der Waals surface area (Å²) in [7, 11) is 0. The first-order chi connectivity index (χ1) is 11.4. The van der Waals surface area contributed by atoms with E-state index < -0.39 is 16.6 Å². The Balaban J connectivity index is 1.97. The molecule has 7 nitrogen and oxygen atoms in total. The van der Waals surface area contributed by atoms with Crippen LogP contribution in [0.5, 0.6) is 0 Å². The highest BCUT2D eigenvalue weighted by atomic mass is 35.5. The van der Waals surface area contributed by atoms with Gasteiger partial charge in [-0.25, -0.2) is 4.39 Å². The van der Waals surface area contributed by atoms with E-state index in [1.165, 1.54) is 36.4 Å². The Bertz CT molecular complexity index is 801. The lowest BCUT2D eigenvalue weighted by Crippen LogP contribution is -2.43. The molecule has 0 aromatic heterocycles. The van der Waals surface area contributed by atoms with E-state index in [1.54, 1.807) is 0 Å². The lowest BCUT2D eigenvalue weighted by molar-refractivity contribution is -0.384. The number of nitro benzene ring substituents is 1. The van der Waals surface area contributed by atoms with E-state index in [0.717, 1.165) is 6.07 Å². The first-order valence-corrected chi connectivity index (χ1v) is 7.22. The van der Waals surface area contributed by atoms with Crippen LogP contribution in [0.1, 0.15) is 10.4 Å². The highest BCUT2D eigenvalue weighted by Crippen LogP contribution is 2.21. The van der Waals surface area contributed by atoms with Gasteiger partial charge < -0.3 is 5.32 Å². The number of anilines is 1. The minimum absolute atomic E-state index is 0.0384. The van der Waals surface area contributed by atoms with E-state index in [2.05, 4.69) is 16.2 Å². The minimum atomic E-state index is -0.702. The average Bonchev–Trinajstić information content (AvgIpc) is 2.55. The molecule has 0 aliphatic carbocycles. The second-order valence-electron chi connectivity index (χ2n) is 4.46. The van der Waals surface area contributed by atoms with Crippen molar-refractivity contribution in [2.45, 2.75) is 0 Å². The summed E-state index contributed by atoms with van der Waals surface area (Å²) in [5, 5.41) is 13.5. The molecule has 10 heteroatoms. The zero-order valence-electron chi connectivity index (χ0n) is 11.9. The Morgan fingerprint density at radius 3 is 2.46 bits per heavy atom. The van der Waals surface area contributed by atoms with Gasteiger partial charge in [-0.1, -0.05) is 11.6 Å². The summed E-state index contributed by atoms with van der Waals surface area (Å²) < 4.78 is 12.8. The van der Waals surface area contributed by atoms with Crippen molar-refractivity contribution in [3.63, 3.8) is 0 Å². The summed E-state index contributed by atoms with van der Waals surface area (Å²) in [6.45, 7) is 0. The number of halogens is 2. The van der Waals surface area contributed by atoms with Gasteiger partial charge in [0.2, 0.25) is 0 Å². The summed E-state index contributed by atoms with van der Waals surface area (Å²) >= 11 is 10.8. The monoisotopic (exact) mass is 368 g/mol. The predicted molar refractivity (Wildman–Crippen MR) is 91.3 cm³/mol. The van der Waals surface area contributed by atoms with Crippen LogP contribution in [0.25, 0.3) is 0 Å². The molecule has 0 unspecified atom stereocenters. The van der Waals surface area contributed by atoms with Crippen molar-refractivity contribution in [3.05, 3.63) is 69.0 Å². The highest BCUT2D eigenvalue weighted by molar-refractivity contribution is 7.80. The maximum Gasteiger partial charge on any atom is 0.271 e. The number of hydrogen-bond acceptors (Lipinski definition) is 4. The van der Waals surface area contributed by atoms with Crippen LogP contribution in [0.15, 0.2) is 42.5 Å². The van der Waals surface area contributed by atoms with Crippen molar-refractivity contribution in [3.8, 4) is 0 Å². The van der Waals surface area contributed by atoms with Gasteiger partial charge in [-0.15, -0.1) is 0 Å². The zero-order valence-corrected chi connectivity index (χ0v) is 13.5. The number of benzene rings is 2. The lowest BCUT2D eigenvalue weighted by atomic mass is 10.2. The third kappa shape index (κ3) is 4.61. The topological polar surface area (TPSA) is 96.3 Å². The van der Waals surface area contributed by atoms with Gasteiger partial charge in [0.15, 0.2) is 5.11 Å². The lowest BCUT2D eigenvalue weighted by Gasteiger charge is -2.12. The SMILES string of the molecule is O=C(NNC(=S)Nc1ccc(F)cc1)c1cc([N+](=O)[O-])ccc1Cl. The number of thiocarbonyl (C=S) groups is 1. The number of nitrogens with one attached hydrogen (secondary N) is 3. The van der Waals surface area contributed by atoms with Gasteiger partial charge in [0.25, 0.3) is 11.6 Å². The number of nitrogens with zero attached hydrogens (tertiary/aromatic N) is 1. The summed E-state index contributed by atoms with van der Waals surface area (Å²) in [6.07, 6.45) is 0. The van der Waals surface area contributed by atoms with Crippen LogP contribution in [-0.2, 0) is 0 Å². The van der Waals surface area contributed by atoms with Crippen molar-refractivity contribution in [2.75, 3.05) is 5.32 Å². The summed E-state index contributed by atoms with van der Waals surface area (Å²) in [5.41, 5.74) is 4.85. The summed E-state index contributed by atoms with van der Waals surface area (Å²) in [6, 6.07) is 8.90. The summed E-state index contributed by atoms with van der Waals surface area (Å²) in [5.74, 6) is -1.10. The first-order valence-electron chi connectivity index (χ1n) is 6.43. The summed E-state index contributed by atoms with van der Waals surface area (Å²) in [4.78, 5) is 22.1. The van der Waals surface area contributed by atoms with Crippen LogP contribution >= 0.6 is 23.8 Å². The Morgan fingerprint density at radius 2 is 1.83 bits per heavy atom. The minimum Gasteiger partial charge on any atom is -0.331 e. The molecule has 24 heavy (non-hydrogen) atoms. The Kier molecular flexibility index (Phi) is 5.61. The molecule has 0 bridgehead atoms. The third-order valence-corrected chi connectivity index (χ3v) is 3.33. The van der Waals surface area contributed by atoms with E-state index >= 15 is 0 Å². The molecule has 0 aliphatic heterocycles. The van der Waals surface area contributed by atoms with E-state index in [4.69, 9.17) is 23.8 Å². The molecular formula is C14H10ClFN4O3S. The average molecular weight is 369 g/mol. The molecule has 0 heterocycles. The van der Waals surface area contributed by atoms with Crippen molar-refractivity contribution in [2.24, 2.45) is 0 Å². The molecular weight excluding hydrogens is 359 g/mol. The number of rotatable bonds is 3. The number of hydrogen-bond donors (Lipinski definition) is 3. The molecule has 0 spiro atoms. The number of nitro groups is 1. The van der Waals surface area contributed by atoms with E-state index in [0.29, 0.717) is 5.69 Å². The van der Waals surface area contributed by atoms with Gasteiger partial charge >= 0.3 is 0 Å². The number of amides is 1. The second-order valence-corrected chi connectivity index (χ2v) is 5.28. The zero-order chi connectivity index (χ0) is 17.7. The maximum atomic E-state index is 12.8. The normalized spacial score (nSPS) is 9.92. The van der Waals surface area contributed by atoms with Crippen LogP contribution in [0.3, 0.4) is 0 Å². The highest BCUT2D eigenvalue weighted by Gasteiger charge is 2.15. The van der Waals surface area contributed by atoms with Gasteiger partial charge in [-0.3, -0.25) is 25.8 Å². The van der Waals surface area contributed by atoms with Gasteiger partial charge in [-0.2, -0.15) is 0 Å². The number of non-ortho nitro benzene ring substituents is 1. The molecule has 0 saturated carbocycles. The maximum absolute atomic E-state index is 12.8. The molecule has 0 saturated heterocycles. The smallest absolute Gasteiger partial charge is 0.271 e. The van der Waals surface area contributed by atoms with Crippen LogP contribution < -0.4 is 16.2 Å². The molecule has 0 atom stereocenters. The van der Waals surface area contributed by atoms with Crippen LogP contribution in [-0.4, -0.2) is 15.9 Å². The van der Waals surface area contributed by atoms with Crippen molar-refractivity contribution < 1.29 is 14.1 Å². The Labute approximate surface area is 145 Å². The first kappa shape index (κ1) is 17.6. The number of hydrazine groups is 1. The van der Waals surface area contributed by atoms with E-state index in [9.17, 15) is 19.3 Å². The van der Waals surface area contributed by atoms with Gasteiger partial charge in [0.1, 0.15) is 5.82 Å². The molecule has 0 fully saturated rings. The van der Waals surface area contributed by atoms with Crippen molar-refractivity contribution >= 4 is 46.2 Å². The molecule has 2 aromatic carbocycles. The van der Waals surface area contributed by atoms with Gasteiger partial charge in [-0.05, 0) is 42.5 Å². The molecule has 0 aliphatic rings. The molecule has 0 radical (unpaired) electrons. The van der Waals surface area contributed by atoms with Crippen LogP contribution in [0, 0.1) is 15.9 Å². The molecule has 2 aromatic rings. The standard InChI is InChI=1S/C14H10ClFN4O3S/c15-12-6-5-10(20(22)23)7-11(12)13(21)18-19-14(24)17-9-3-1-8(16)2-4-9/h1-7H,(H,18,21)(H2,17,19,24). The Morgan fingerprint density at radius 1 is 1.17 bits per heavy atom. The number of carbonyl (C=O) groups is 1. The third-order valence-electron chi connectivity index (χ3n) is 2.80. The van der Waals surface area contributed by atoms with Crippen molar-refractivity contribution in [1.29, 1.82) is 0 Å². The molecule has 124 valence electrons. The number of carbonyl (C=O) groups excluding carboxylic acids is 1. The molecule has 2 rings (SSSR count).